The van der Waals surface area contributed by atoms with Crippen LogP contribution in [0.1, 0.15) is 39.2 Å². The highest BCUT2D eigenvalue weighted by molar-refractivity contribution is 5.94. The molecule has 3 rings (SSSR count). The van der Waals surface area contributed by atoms with E-state index < -0.39 is 10.5 Å². The molecular formula is C17H21N3O4. The van der Waals surface area contributed by atoms with Gasteiger partial charge in [-0.1, -0.05) is 25.1 Å². The van der Waals surface area contributed by atoms with Gasteiger partial charge in [0.05, 0.1) is 4.92 Å². The van der Waals surface area contributed by atoms with E-state index in [-0.39, 0.29) is 11.1 Å². The molecule has 3 atom stereocenters. The van der Waals surface area contributed by atoms with E-state index in [1.54, 1.807) is 19.1 Å². The Labute approximate surface area is 140 Å². The molecule has 0 aromatic heterocycles. The zero-order chi connectivity index (χ0) is 17.7. The molecule has 0 radical (unpaired) electrons. The summed E-state index contributed by atoms with van der Waals surface area (Å²) in [6.45, 7) is 6.11. The van der Waals surface area contributed by atoms with Gasteiger partial charge in [0.1, 0.15) is 5.71 Å². The van der Waals surface area contributed by atoms with Crippen molar-refractivity contribution >= 4 is 17.6 Å². The summed E-state index contributed by atoms with van der Waals surface area (Å²) in [5.74, 6) is 0.866. The van der Waals surface area contributed by atoms with Crippen molar-refractivity contribution in [2.24, 2.45) is 22.4 Å². The Balaban J connectivity index is 1.94. The second-order valence-electron chi connectivity index (χ2n) is 7.57. The predicted molar refractivity (Wildman–Crippen MR) is 89.5 cm³/mol. The van der Waals surface area contributed by atoms with Crippen LogP contribution in [0.4, 0.5) is 5.69 Å². The third-order valence-electron chi connectivity index (χ3n) is 5.89. The number of rotatable bonds is 3. The van der Waals surface area contributed by atoms with Crippen LogP contribution in [0.3, 0.4) is 0 Å². The normalized spacial score (nSPS) is 33.1. The van der Waals surface area contributed by atoms with E-state index in [1.807, 2.05) is 0 Å². The second-order valence-corrected chi connectivity index (χ2v) is 7.57. The number of nitro groups is 1. The summed E-state index contributed by atoms with van der Waals surface area (Å²) in [6, 6.07) is 5.93. The number of hydrogen-bond acceptors (Lipinski definition) is 5. The van der Waals surface area contributed by atoms with E-state index in [0.29, 0.717) is 36.0 Å². The van der Waals surface area contributed by atoms with Crippen molar-refractivity contribution in [2.75, 3.05) is 0 Å². The highest BCUT2D eigenvalue weighted by atomic mass is 16.6. The third kappa shape index (κ3) is 2.44. The molecule has 2 aliphatic carbocycles. The Morgan fingerprint density at radius 3 is 2.62 bits per heavy atom. The van der Waals surface area contributed by atoms with Gasteiger partial charge in [0, 0.05) is 31.0 Å². The first-order chi connectivity index (χ1) is 11.2. The van der Waals surface area contributed by atoms with Crippen LogP contribution in [0.2, 0.25) is 0 Å². The molecule has 7 heteroatoms. The van der Waals surface area contributed by atoms with E-state index in [9.17, 15) is 20.5 Å². The molecule has 7 nitrogen and oxygen atoms in total. The van der Waals surface area contributed by atoms with Crippen LogP contribution in [0.15, 0.2) is 29.4 Å². The number of non-ortho nitro benzene ring substituents is 1. The van der Waals surface area contributed by atoms with Crippen molar-refractivity contribution < 1.29 is 14.9 Å². The molecule has 0 amide bonds. The fourth-order valence-corrected chi connectivity index (χ4v) is 4.00. The standard InChI is InChI=1S/C17H21N3O4/c1-16(2)13-8-15(18-21)17(3,9-14(13)16)19(22)10-11-5-4-6-12(7-11)20(23)24/h4-7,10,13-14,21H,8-9H2,1-3H3/b18-15+,19-10+. The maximum Gasteiger partial charge on any atom is 0.270 e. The number of nitro benzene ring substituents is 1. The molecule has 128 valence electrons. The predicted octanol–water partition coefficient (Wildman–Crippen LogP) is 3.18. The van der Waals surface area contributed by atoms with E-state index in [2.05, 4.69) is 19.0 Å². The zero-order valence-corrected chi connectivity index (χ0v) is 14.0. The molecule has 0 spiro atoms. The summed E-state index contributed by atoms with van der Waals surface area (Å²) in [5, 5.41) is 36.5. The average molecular weight is 331 g/mol. The van der Waals surface area contributed by atoms with E-state index in [1.165, 1.54) is 18.3 Å². The zero-order valence-electron chi connectivity index (χ0n) is 14.0. The first-order valence-corrected chi connectivity index (χ1v) is 7.97. The number of hydroxylamine groups is 1. The highest BCUT2D eigenvalue weighted by Gasteiger charge is 2.66. The maximum absolute atomic E-state index is 12.8. The van der Waals surface area contributed by atoms with Crippen molar-refractivity contribution in [1.29, 1.82) is 0 Å². The van der Waals surface area contributed by atoms with Gasteiger partial charge in [0.25, 0.3) is 5.69 Å². The van der Waals surface area contributed by atoms with E-state index in [4.69, 9.17) is 0 Å². The van der Waals surface area contributed by atoms with Crippen molar-refractivity contribution in [3.8, 4) is 0 Å². The molecule has 1 aromatic rings. The molecule has 2 fully saturated rings. The van der Waals surface area contributed by atoms with Crippen molar-refractivity contribution in [3.05, 3.63) is 45.2 Å². The van der Waals surface area contributed by atoms with E-state index in [0.717, 1.165) is 4.74 Å². The van der Waals surface area contributed by atoms with Gasteiger partial charge in [-0.05, 0) is 29.7 Å². The number of benzene rings is 1. The highest BCUT2D eigenvalue weighted by Crippen LogP contribution is 2.66. The summed E-state index contributed by atoms with van der Waals surface area (Å²) < 4.78 is 0.783. The fraction of sp³-hybridized carbons (Fsp3) is 0.529. The number of oxime groups is 1. The SMILES string of the molecule is CC1(C)C2C/C(=N\O)C(C)(/[N+]([O-])=C\c3cccc([N+](=O)[O-])c3)CC21. The Morgan fingerprint density at radius 1 is 1.29 bits per heavy atom. The van der Waals surface area contributed by atoms with Crippen LogP contribution in [0.5, 0.6) is 0 Å². The molecule has 24 heavy (non-hydrogen) atoms. The summed E-state index contributed by atoms with van der Waals surface area (Å²) in [7, 11) is 0. The van der Waals surface area contributed by atoms with Crippen LogP contribution >= 0.6 is 0 Å². The van der Waals surface area contributed by atoms with Crippen LogP contribution < -0.4 is 0 Å². The molecule has 1 N–H and O–H groups in total. The first kappa shape index (κ1) is 16.4. The van der Waals surface area contributed by atoms with Crippen LogP contribution in [0.25, 0.3) is 0 Å². The molecule has 0 bridgehead atoms. The average Bonchev–Trinajstić information content (AvgIpc) is 3.06. The van der Waals surface area contributed by atoms with Crippen LogP contribution in [-0.4, -0.2) is 32.3 Å². The van der Waals surface area contributed by atoms with E-state index >= 15 is 0 Å². The lowest BCUT2D eigenvalue weighted by molar-refractivity contribution is -0.521. The lowest BCUT2D eigenvalue weighted by Gasteiger charge is -2.31. The largest absolute Gasteiger partial charge is 0.623 e. The number of hydrogen-bond donors (Lipinski definition) is 1. The van der Waals surface area contributed by atoms with Gasteiger partial charge in [0.2, 0.25) is 5.54 Å². The Bertz CT molecular complexity index is 756. The Hall–Kier alpha value is -2.44. The van der Waals surface area contributed by atoms with Gasteiger partial charge < -0.3 is 10.4 Å². The molecular weight excluding hydrogens is 310 g/mol. The molecule has 0 aliphatic heterocycles. The van der Waals surface area contributed by atoms with Gasteiger partial charge >= 0.3 is 0 Å². The van der Waals surface area contributed by atoms with Crippen LogP contribution in [0, 0.1) is 32.6 Å². The van der Waals surface area contributed by atoms with Crippen molar-refractivity contribution in [3.63, 3.8) is 0 Å². The van der Waals surface area contributed by atoms with Crippen molar-refractivity contribution in [1.82, 2.24) is 0 Å². The minimum Gasteiger partial charge on any atom is -0.623 e. The quantitative estimate of drug-likeness (QED) is 0.229. The molecule has 2 saturated carbocycles. The minimum atomic E-state index is -0.936. The minimum absolute atomic E-state index is 0.0645. The summed E-state index contributed by atoms with van der Waals surface area (Å²) >= 11 is 0. The Kier molecular flexibility index (Phi) is 3.62. The Morgan fingerprint density at radius 2 is 2.00 bits per heavy atom. The summed E-state index contributed by atoms with van der Waals surface area (Å²) in [6.07, 6.45) is 2.55. The molecule has 1 aromatic carbocycles. The maximum atomic E-state index is 12.8. The molecule has 0 saturated heterocycles. The smallest absolute Gasteiger partial charge is 0.270 e. The number of fused-ring (bicyclic) bond motifs is 1. The topological polar surface area (TPSA) is 102 Å². The lowest BCUT2D eigenvalue weighted by Crippen LogP contribution is -2.48. The van der Waals surface area contributed by atoms with Crippen LogP contribution in [-0.2, 0) is 0 Å². The third-order valence-corrected chi connectivity index (χ3v) is 5.89. The summed E-state index contributed by atoms with van der Waals surface area (Å²) in [4.78, 5) is 10.4. The van der Waals surface area contributed by atoms with Gasteiger partial charge in [-0.15, -0.1) is 0 Å². The first-order valence-electron chi connectivity index (χ1n) is 7.97. The molecule has 2 aliphatic rings. The monoisotopic (exact) mass is 331 g/mol. The lowest BCUT2D eigenvalue weighted by atomic mass is 9.81. The molecule has 0 heterocycles. The number of nitrogens with zero attached hydrogens (tertiary/aromatic N) is 3. The summed E-state index contributed by atoms with van der Waals surface area (Å²) in [5.41, 5.74) is 0.0836. The van der Waals surface area contributed by atoms with Crippen molar-refractivity contribution in [2.45, 2.75) is 39.2 Å². The molecule has 3 unspecified atom stereocenters. The van der Waals surface area contributed by atoms with Gasteiger partial charge in [-0.2, -0.15) is 0 Å². The fourth-order valence-electron chi connectivity index (χ4n) is 4.00. The van der Waals surface area contributed by atoms with Gasteiger partial charge in [-0.3, -0.25) is 10.1 Å². The van der Waals surface area contributed by atoms with Gasteiger partial charge in [0.15, 0.2) is 6.21 Å². The second kappa shape index (κ2) is 5.29. The van der Waals surface area contributed by atoms with Gasteiger partial charge in [-0.25, -0.2) is 4.74 Å².